The van der Waals surface area contributed by atoms with Gasteiger partial charge in [-0.1, -0.05) is 47.6 Å². The molecule has 2 aliphatic rings. The first-order chi connectivity index (χ1) is 26.7. The molecule has 0 unspecified atom stereocenters. The first-order valence-electron chi connectivity index (χ1n) is 17.9. The largest absolute Gasteiger partial charge is 0.395 e. The van der Waals surface area contributed by atoms with Gasteiger partial charge in [0.05, 0.1) is 20.7 Å². The maximum Gasteiger partial charge on any atom is 0.355 e. The number of urea groups is 1. The van der Waals surface area contributed by atoms with Crippen molar-refractivity contribution in [3.05, 3.63) is 100 Å². The van der Waals surface area contributed by atoms with Crippen LogP contribution in [0.5, 0.6) is 0 Å². The number of anilines is 2. The Balaban J connectivity index is 0.000000199. The quantitative estimate of drug-likeness (QED) is 0.251. The Morgan fingerprint density at radius 1 is 0.965 bits per heavy atom. The van der Waals surface area contributed by atoms with Gasteiger partial charge in [0.15, 0.2) is 15.6 Å². The summed E-state index contributed by atoms with van der Waals surface area (Å²) < 4.78 is 28.2. The zero-order valence-electron chi connectivity index (χ0n) is 33.1. The molecule has 20 heteroatoms. The number of nitrogens with one attached hydrogen (secondary N) is 2. The summed E-state index contributed by atoms with van der Waals surface area (Å²) in [5.41, 5.74) is 1.06. The van der Waals surface area contributed by atoms with Crippen LogP contribution < -0.4 is 27.2 Å². The molecule has 2 amide bonds. The predicted molar refractivity (Wildman–Crippen MR) is 220 cm³/mol. The number of hydrogen-bond donors (Lipinski definition) is 2. The molecule has 1 saturated carbocycles. The van der Waals surface area contributed by atoms with Crippen molar-refractivity contribution in [2.24, 2.45) is 19.3 Å². The normalized spacial score (nSPS) is 14.0. The van der Waals surface area contributed by atoms with Crippen molar-refractivity contribution in [1.82, 2.24) is 28.8 Å². The van der Waals surface area contributed by atoms with E-state index in [1.165, 1.54) is 50.5 Å². The van der Waals surface area contributed by atoms with Crippen LogP contribution in [0.15, 0.2) is 61.0 Å². The first-order valence-corrected chi connectivity index (χ1v) is 20.5. The van der Waals surface area contributed by atoms with Crippen molar-refractivity contribution in [1.29, 1.82) is 0 Å². The number of H-pyrrole nitrogens is 1. The number of nitrogens with zero attached hydrogens (tertiary/aromatic N) is 7. The summed E-state index contributed by atoms with van der Waals surface area (Å²) in [6.45, 7) is 2.00. The molecular formula is C37H47Cl2N9O8S. The van der Waals surface area contributed by atoms with Gasteiger partial charge in [-0.05, 0) is 55.7 Å². The lowest BCUT2D eigenvalue weighted by atomic mass is 9.93. The highest BCUT2D eigenvalue weighted by Crippen LogP contribution is 2.28. The second-order valence-corrected chi connectivity index (χ2v) is 16.7. The van der Waals surface area contributed by atoms with Crippen molar-refractivity contribution < 1.29 is 22.8 Å². The van der Waals surface area contributed by atoms with E-state index in [1.54, 1.807) is 65.3 Å². The van der Waals surface area contributed by atoms with Crippen LogP contribution in [-0.4, -0.2) is 95.8 Å². The molecule has 0 atom stereocenters. The molecule has 0 radical (unpaired) electrons. The van der Waals surface area contributed by atoms with Gasteiger partial charge in [-0.25, -0.2) is 27.4 Å². The fourth-order valence-electron chi connectivity index (χ4n) is 6.26. The molecule has 3 heterocycles. The number of benzene rings is 2. The average molecular weight is 849 g/mol. The maximum absolute atomic E-state index is 12.8. The summed E-state index contributed by atoms with van der Waals surface area (Å²) in [6, 6.07) is 7.55. The number of amides is 2. The van der Waals surface area contributed by atoms with Crippen molar-refractivity contribution in [3.8, 4) is 0 Å². The third-order valence-electron chi connectivity index (χ3n) is 9.26. The number of sulfone groups is 1. The number of carbonyl (C=O) groups excluding carboxylic acids is 2. The first kappa shape index (κ1) is 44.5. The molecule has 4 aromatic rings. The third-order valence-corrected chi connectivity index (χ3v) is 11.1. The standard InChI is InChI=1S/C16H17N3O5S.C12H20N4O2.C9H10Cl2N2O/c1-9-10(15(20)11-8-17-19(2)16(11)21)4-5-13(25(3,22)23)14(9)12-6-7-24-18-12;1-14(2)10-13-11(17)16(12(18)15(10)3)9-7-5-4-6-8-9;1-13(2)9(14)12-6-3-4-7(10)8(11)5-6/h4-5,8,17H,6-7H2,1-3H3;9H,4-8H2,1-3H3;3-5H,1-2H3,(H,12,14). The van der Waals surface area contributed by atoms with Gasteiger partial charge >= 0.3 is 17.4 Å². The van der Waals surface area contributed by atoms with Crippen molar-refractivity contribution in [2.45, 2.75) is 56.4 Å². The summed E-state index contributed by atoms with van der Waals surface area (Å²) in [6.07, 6.45) is 8.04. The number of oxime groups is 1. The van der Waals surface area contributed by atoms with Gasteiger partial charge < -0.3 is 25.1 Å². The van der Waals surface area contributed by atoms with Crippen LogP contribution in [0.1, 0.15) is 71.6 Å². The van der Waals surface area contributed by atoms with E-state index in [2.05, 4.69) is 20.6 Å². The Kier molecular flexibility index (Phi) is 14.7. The van der Waals surface area contributed by atoms with Gasteiger partial charge in [0, 0.05) is 84.0 Å². The van der Waals surface area contributed by atoms with Gasteiger partial charge in [0.25, 0.3) is 5.56 Å². The summed E-state index contributed by atoms with van der Waals surface area (Å²) in [5.74, 6) is -0.0720. The molecule has 2 N–H and O–H groups in total. The van der Waals surface area contributed by atoms with Crippen LogP contribution in [-0.2, 0) is 28.8 Å². The molecule has 2 aromatic heterocycles. The van der Waals surface area contributed by atoms with Gasteiger partial charge in [0.2, 0.25) is 5.95 Å². The lowest BCUT2D eigenvalue weighted by Crippen LogP contribution is -2.45. The number of rotatable bonds is 7. The summed E-state index contributed by atoms with van der Waals surface area (Å²) in [7, 11) is 6.50. The van der Waals surface area contributed by atoms with Gasteiger partial charge in [0.1, 0.15) is 12.2 Å². The number of aromatic nitrogens is 5. The minimum absolute atomic E-state index is 0.00623. The van der Waals surface area contributed by atoms with Crippen LogP contribution in [0.4, 0.5) is 16.4 Å². The van der Waals surface area contributed by atoms with E-state index in [0.29, 0.717) is 51.5 Å². The molecule has 6 rings (SSSR count). The van der Waals surface area contributed by atoms with E-state index < -0.39 is 26.9 Å². The maximum atomic E-state index is 12.8. The number of aryl methyl sites for hydroxylation is 1. The van der Waals surface area contributed by atoms with Crippen LogP contribution in [0.2, 0.25) is 10.0 Å². The SMILES string of the molecule is CN(C)C(=O)Nc1ccc(Cl)c(Cl)c1.CN(C)c1nc(=O)n(C2CCCCC2)c(=O)n1C.Cc1c(C(=O)c2c[nH]n(C)c2=O)ccc(S(C)(=O)=O)c1C1=NOCC1. The Morgan fingerprint density at radius 2 is 1.63 bits per heavy atom. The molecule has 0 bridgehead atoms. The predicted octanol–water partition coefficient (Wildman–Crippen LogP) is 4.38. The van der Waals surface area contributed by atoms with E-state index in [0.717, 1.165) is 31.9 Å². The van der Waals surface area contributed by atoms with Crippen molar-refractivity contribution in [3.63, 3.8) is 0 Å². The molecule has 57 heavy (non-hydrogen) atoms. The van der Waals surface area contributed by atoms with E-state index in [-0.39, 0.29) is 33.8 Å². The molecule has 1 aliphatic heterocycles. The van der Waals surface area contributed by atoms with E-state index >= 15 is 0 Å². The molecule has 17 nitrogen and oxygen atoms in total. The average Bonchev–Trinajstić information content (AvgIpc) is 3.81. The monoisotopic (exact) mass is 847 g/mol. The van der Waals surface area contributed by atoms with E-state index in [4.69, 9.17) is 28.0 Å². The van der Waals surface area contributed by atoms with Gasteiger partial charge in [-0.3, -0.25) is 18.8 Å². The minimum Gasteiger partial charge on any atom is -0.395 e. The van der Waals surface area contributed by atoms with Crippen LogP contribution in [0.3, 0.4) is 0 Å². The van der Waals surface area contributed by atoms with Crippen LogP contribution in [0, 0.1) is 6.92 Å². The summed E-state index contributed by atoms with van der Waals surface area (Å²) in [5, 5.41) is 10.1. The van der Waals surface area contributed by atoms with Gasteiger partial charge in [-0.15, -0.1) is 0 Å². The zero-order valence-corrected chi connectivity index (χ0v) is 35.4. The number of aromatic amines is 1. The second kappa shape index (κ2) is 18.8. The zero-order chi connectivity index (χ0) is 42.4. The number of hydrogen-bond acceptors (Lipinski definition) is 11. The molecular weight excluding hydrogens is 801 g/mol. The van der Waals surface area contributed by atoms with E-state index in [9.17, 15) is 32.4 Å². The topological polar surface area (TPSA) is 203 Å². The summed E-state index contributed by atoms with van der Waals surface area (Å²) in [4.78, 5) is 72.6. The molecule has 0 saturated heterocycles. The van der Waals surface area contributed by atoms with Gasteiger partial charge in [-0.2, -0.15) is 4.98 Å². The fraction of sp³-hybridized carbons (Fsp3) is 0.432. The highest BCUT2D eigenvalue weighted by atomic mass is 35.5. The summed E-state index contributed by atoms with van der Waals surface area (Å²) >= 11 is 11.5. The Hall–Kier alpha value is -5.20. The van der Waals surface area contributed by atoms with Crippen molar-refractivity contribution >= 4 is 62.2 Å². The highest BCUT2D eigenvalue weighted by molar-refractivity contribution is 7.90. The number of halogens is 2. The molecule has 1 fully saturated rings. The third kappa shape index (κ3) is 10.6. The van der Waals surface area contributed by atoms with Crippen molar-refractivity contribution in [2.75, 3.05) is 51.3 Å². The smallest absolute Gasteiger partial charge is 0.355 e. The number of ketones is 1. The molecule has 2 aromatic carbocycles. The Morgan fingerprint density at radius 3 is 2.16 bits per heavy atom. The number of carbonyl (C=O) groups is 2. The van der Waals surface area contributed by atoms with E-state index in [1.807, 2.05) is 0 Å². The lowest BCUT2D eigenvalue weighted by molar-refractivity contribution is 0.103. The second-order valence-electron chi connectivity index (χ2n) is 13.9. The highest BCUT2D eigenvalue weighted by Gasteiger charge is 2.27. The minimum atomic E-state index is -3.52. The Bertz CT molecular complexity index is 2460. The lowest BCUT2D eigenvalue weighted by Gasteiger charge is -2.24. The van der Waals surface area contributed by atoms with Crippen LogP contribution in [0.25, 0.3) is 0 Å². The Labute approximate surface area is 339 Å². The molecule has 0 spiro atoms. The fourth-order valence-corrected chi connectivity index (χ4v) is 7.51. The molecule has 308 valence electrons. The van der Waals surface area contributed by atoms with Crippen LogP contribution >= 0.6 is 23.2 Å². The molecule has 1 aliphatic carbocycles.